The molecule has 0 aliphatic rings. The molecule has 0 saturated heterocycles. The molecular formula is C17H34O. The van der Waals surface area contributed by atoms with Gasteiger partial charge in [-0.05, 0) is 36.5 Å². The quantitative estimate of drug-likeness (QED) is 0.613. The van der Waals surface area contributed by atoms with Gasteiger partial charge in [-0.1, -0.05) is 55.4 Å². The average molecular weight is 254 g/mol. The molecule has 2 atom stereocenters. The van der Waals surface area contributed by atoms with Crippen molar-refractivity contribution in [3.8, 4) is 0 Å². The minimum absolute atomic E-state index is 0.246. The standard InChI is InChI=1S/C17H34O/c1-9-13(11-16(3,4)5)15(18)14(10-2)12-17(6,7)8/h13-14H,9-12H2,1-8H3. The number of ketones is 1. The van der Waals surface area contributed by atoms with Crippen molar-refractivity contribution >= 4 is 5.78 Å². The number of hydrogen-bond acceptors (Lipinski definition) is 1. The summed E-state index contributed by atoms with van der Waals surface area (Å²) in [5, 5.41) is 0. The summed E-state index contributed by atoms with van der Waals surface area (Å²) < 4.78 is 0. The molecule has 0 aliphatic carbocycles. The van der Waals surface area contributed by atoms with Crippen molar-refractivity contribution in [2.24, 2.45) is 22.7 Å². The van der Waals surface area contributed by atoms with Gasteiger partial charge in [0.15, 0.2) is 0 Å². The number of hydrogen-bond donors (Lipinski definition) is 0. The van der Waals surface area contributed by atoms with Gasteiger partial charge in [0.1, 0.15) is 5.78 Å². The average Bonchev–Trinajstić information content (AvgIpc) is 2.19. The van der Waals surface area contributed by atoms with Crippen molar-refractivity contribution in [2.45, 2.75) is 81.1 Å². The molecule has 0 saturated carbocycles. The summed E-state index contributed by atoms with van der Waals surface area (Å²) in [7, 11) is 0. The van der Waals surface area contributed by atoms with E-state index >= 15 is 0 Å². The van der Waals surface area contributed by atoms with E-state index < -0.39 is 0 Å². The summed E-state index contributed by atoms with van der Waals surface area (Å²) in [6.07, 6.45) is 4.00. The lowest BCUT2D eigenvalue weighted by atomic mass is 9.74. The second-order valence-electron chi connectivity index (χ2n) is 8.14. The summed E-state index contributed by atoms with van der Waals surface area (Å²) in [5.41, 5.74) is 0.493. The van der Waals surface area contributed by atoms with Crippen LogP contribution in [0.3, 0.4) is 0 Å². The fourth-order valence-corrected chi connectivity index (χ4v) is 2.70. The van der Waals surface area contributed by atoms with Crippen LogP contribution in [0.2, 0.25) is 0 Å². The summed E-state index contributed by atoms with van der Waals surface area (Å²) in [5.74, 6) is 0.999. The molecule has 0 aromatic rings. The van der Waals surface area contributed by atoms with E-state index in [9.17, 15) is 4.79 Å². The Morgan fingerprint density at radius 3 is 1.22 bits per heavy atom. The smallest absolute Gasteiger partial charge is 0.139 e. The molecule has 1 nitrogen and oxygen atoms in total. The molecule has 0 rings (SSSR count). The predicted molar refractivity (Wildman–Crippen MR) is 80.7 cm³/mol. The van der Waals surface area contributed by atoms with Gasteiger partial charge in [0.25, 0.3) is 0 Å². The lowest BCUT2D eigenvalue weighted by molar-refractivity contribution is -0.129. The first kappa shape index (κ1) is 17.7. The van der Waals surface area contributed by atoms with E-state index in [1.165, 1.54) is 0 Å². The molecule has 0 aromatic heterocycles. The maximum atomic E-state index is 12.7. The summed E-state index contributed by atoms with van der Waals surface area (Å²) in [6.45, 7) is 17.7. The molecule has 0 bridgehead atoms. The van der Waals surface area contributed by atoms with Crippen LogP contribution in [-0.4, -0.2) is 5.78 Å². The molecule has 0 amide bonds. The van der Waals surface area contributed by atoms with Gasteiger partial charge in [0.05, 0.1) is 0 Å². The summed E-state index contributed by atoms with van der Waals surface area (Å²) >= 11 is 0. The van der Waals surface area contributed by atoms with Crippen molar-refractivity contribution in [2.75, 3.05) is 0 Å². The van der Waals surface area contributed by atoms with Crippen LogP contribution in [0.4, 0.5) is 0 Å². The zero-order valence-corrected chi connectivity index (χ0v) is 13.9. The third-order valence-electron chi connectivity index (χ3n) is 3.51. The molecule has 0 aromatic carbocycles. The Balaban J connectivity index is 4.74. The lowest BCUT2D eigenvalue weighted by Gasteiger charge is -2.30. The van der Waals surface area contributed by atoms with E-state index in [1.807, 2.05) is 0 Å². The van der Waals surface area contributed by atoms with Crippen molar-refractivity contribution in [3.05, 3.63) is 0 Å². The Kier molecular flexibility index (Phi) is 6.60. The first-order valence-electron chi connectivity index (χ1n) is 7.54. The highest BCUT2D eigenvalue weighted by atomic mass is 16.1. The summed E-state index contributed by atoms with van der Waals surface area (Å²) in [4.78, 5) is 12.7. The molecule has 0 fully saturated rings. The van der Waals surface area contributed by atoms with Crippen LogP contribution in [0.5, 0.6) is 0 Å². The van der Waals surface area contributed by atoms with E-state index in [2.05, 4.69) is 55.4 Å². The fourth-order valence-electron chi connectivity index (χ4n) is 2.70. The Bertz CT molecular complexity index is 226. The van der Waals surface area contributed by atoms with Crippen molar-refractivity contribution < 1.29 is 4.79 Å². The van der Waals surface area contributed by atoms with Gasteiger partial charge in [-0.25, -0.2) is 0 Å². The molecular weight excluding hydrogens is 220 g/mol. The zero-order chi connectivity index (χ0) is 14.6. The van der Waals surface area contributed by atoms with Crippen LogP contribution in [0.25, 0.3) is 0 Å². The van der Waals surface area contributed by atoms with Crippen LogP contribution >= 0.6 is 0 Å². The van der Waals surface area contributed by atoms with Crippen molar-refractivity contribution in [1.82, 2.24) is 0 Å². The van der Waals surface area contributed by atoms with Crippen LogP contribution in [0.15, 0.2) is 0 Å². The molecule has 18 heavy (non-hydrogen) atoms. The highest BCUT2D eigenvalue weighted by Crippen LogP contribution is 2.33. The first-order valence-corrected chi connectivity index (χ1v) is 7.54. The number of Topliss-reactive ketones (excluding diaryl/α,β-unsaturated/α-hetero) is 1. The monoisotopic (exact) mass is 254 g/mol. The second-order valence-corrected chi connectivity index (χ2v) is 8.14. The molecule has 0 aliphatic heterocycles. The van der Waals surface area contributed by atoms with Crippen molar-refractivity contribution in [1.29, 1.82) is 0 Å². The largest absolute Gasteiger partial charge is 0.299 e. The van der Waals surface area contributed by atoms with E-state index in [0.29, 0.717) is 5.78 Å². The van der Waals surface area contributed by atoms with Crippen LogP contribution < -0.4 is 0 Å². The van der Waals surface area contributed by atoms with Gasteiger partial charge < -0.3 is 0 Å². The molecule has 0 N–H and O–H groups in total. The zero-order valence-electron chi connectivity index (χ0n) is 13.9. The van der Waals surface area contributed by atoms with E-state index in [4.69, 9.17) is 0 Å². The van der Waals surface area contributed by atoms with Crippen LogP contribution in [0, 0.1) is 22.7 Å². The number of carbonyl (C=O) groups excluding carboxylic acids is 1. The number of carbonyl (C=O) groups is 1. The highest BCUT2D eigenvalue weighted by molar-refractivity contribution is 5.83. The first-order chi connectivity index (χ1) is 8.00. The SMILES string of the molecule is CCC(CC(C)(C)C)C(=O)C(CC)CC(C)(C)C. The minimum Gasteiger partial charge on any atom is -0.299 e. The highest BCUT2D eigenvalue weighted by Gasteiger charge is 2.30. The van der Waals surface area contributed by atoms with E-state index in [0.717, 1.165) is 25.7 Å². The molecule has 0 radical (unpaired) electrons. The molecule has 0 spiro atoms. The van der Waals surface area contributed by atoms with Crippen LogP contribution in [-0.2, 0) is 4.79 Å². The lowest BCUT2D eigenvalue weighted by Crippen LogP contribution is -2.29. The van der Waals surface area contributed by atoms with Gasteiger partial charge in [0.2, 0.25) is 0 Å². The maximum absolute atomic E-state index is 12.7. The third-order valence-corrected chi connectivity index (χ3v) is 3.51. The Labute approximate surface area is 115 Å². The topological polar surface area (TPSA) is 17.1 Å². The molecule has 1 heteroatoms. The normalized spacial score (nSPS) is 16.4. The summed E-state index contributed by atoms with van der Waals surface area (Å²) in [6, 6.07) is 0. The van der Waals surface area contributed by atoms with E-state index in [-0.39, 0.29) is 22.7 Å². The Morgan fingerprint density at radius 2 is 1.06 bits per heavy atom. The van der Waals surface area contributed by atoms with Crippen molar-refractivity contribution in [3.63, 3.8) is 0 Å². The van der Waals surface area contributed by atoms with Gasteiger partial charge in [-0.2, -0.15) is 0 Å². The minimum atomic E-state index is 0.246. The predicted octanol–water partition coefficient (Wildman–Crippen LogP) is 5.48. The second kappa shape index (κ2) is 6.73. The molecule has 0 heterocycles. The van der Waals surface area contributed by atoms with E-state index in [1.54, 1.807) is 0 Å². The molecule has 108 valence electrons. The van der Waals surface area contributed by atoms with Crippen LogP contribution in [0.1, 0.15) is 81.1 Å². The van der Waals surface area contributed by atoms with Gasteiger partial charge in [-0.3, -0.25) is 4.79 Å². The van der Waals surface area contributed by atoms with Gasteiger partial charge in [-0.15, -0.1) is 0 Å². The maximum Gasteiger partial charge on any atom is 0.139 e. The Hall–Kier alpha value is -0.330. The molecule has 2 unspecified atom stereocenters. The number of rotatable bonds is 6. The van der Waals surface area contributed by atoms with Gasteiger partial charge in [0, 0.05) is 11.8 Å². The fraction of sp³-hybridized carbons (Fsp3) is 0.941. The Morgan fingerprint density at radius 1 is 0.778 bits per heavy atom. The third kappa shape index (κ3) is 7.18. The van der Waals surface area contributed by atoms with Gasteiger partial charge >= 0.3 is 0 Å².